The van der Waals surface area contributed by atoms with Gasteiger partial charge in [0.05, 0.1) is 18.8 Å². The van der Waals surface area contributed by atoms with Crippen LogP contribution in [0.1, 0.15) is 54.9 Å². The summed E-state index contributed by atoms with van der Waals surface area (Å²) in [6, 6.07) is -0.399. The van der Waals surface area contributed by atoms with E-state index >= 15 is 0 Å². The summed E-state index contributed by atoms with van der Waals surface area (Å²) in [7, 11) is 0. The van der Waals surface area contributed by atoms with Crippen LogP contribution in [0.3, 0.4) is 0 Å². The van der Waals surface area contributed by atoms with Gasteiger partial charge in [-0.05, 0) is 48.0 Å². The molecule has 0 aromatic carbocycles. The van der Waals surface area contributed by atoms with E-state index in [-0.39, 0.29) is 24.7 Å². The van der Waals surface area contributed by atoms with E-state index in [1.165, 1.54) is 6.92 Å². The van der Waals surface area contributed by atoms with Crippen LogP contribution in [0.15, 0.2) is 0 Å². The number of amides is 1. The fourth-order valence-corrected chi connectivity index (χ4v) is 4.57. The van der Waals surface area contributed by atoms with Gasteiger partial charge in [-0.2, -0.15) is 0 Å². The third-order valence-corrected chi connectivity index (χ3v) is 5.35. The summed E-state index contributed by atoms with van der Waals surface area (Å²) >= 11 is 0. The molecule has 0 aliphatic carbocycles. The number of rotatable bonds is 4. The van der Waals surface area contributed by atoms with Crippen molar-refractivity contribution in [2.45, 2.75) is 103 Å². The number of ether oxygens (including phenoxy) is 5. The third kappa shape index (κ3) is 4.02. The minimum absolute atomic E-state index is 0.0410. The van der Waals surface area contributed by atoms with Gasteiger partial charge in [-0.1, -0.05) is 0 Å². The molecular weight excluding hydrogens is 354 g/mol. The highest BCUT2D eigenvalue weighted by atomic mass is 16.8. The van der Waals surface area contributed by atoms with Crippen molar-refractivity contribution in [3.05, 3.63) is 0 Å². The highest BCUT2D eigenvalue weighted by Crippen LogP contribution is 2.43. The van der Waals surface area contributed by atoms with Crippen LogP contribution in [-0.2, 0) is 28.5 Å². The molecule has 0 bridgehead atoms. The number of hydrogen-bond acceptors (Lipinski definition) is 7. The number of aliphatic hydroxyl groups is 1. The van der Waals surface area contributed by atoms with Crippen LogP contribution in [0, 0.1) is 0 Å². The number of aliphatic hydroxyl groups excluding tert-OH is 1. The maximum atomic E-state index is 12.5. The summed E-state index contributed by atoms with van der Waals surface area (Å²) in [5.41, 5.74) is -0.802. The van der Waals surface area contributed by atoms with Crippen molar-refractivity contribution in [1.29, 1.82) is 0 Å². The van der Waals surface area contributed by atoms with Gasteiger partial charge in [-0.15, -0.1) is 0 Å². The molecule has 0 spiro atoms. The molecule has 0 aromatic rings. The minimum Gasteiger partial charge on any atom is -0.396 e. The third-order valence-electron chi connectivity index (χ3n) is 5.35. The topological polar surface area (TPSA) is 86.7 Å². The van der Waals surface area contributed by atoms with E-state index in [2.05, 4.69) is 0 Å². The van der Waals surface area contributed by atoms with Gasteiger partial charge in [-0.25, -0.2) is 0 Å². The van der Waals surface area contributed by atoms with E-state index in [0.717, 1.165) is 0 Å². The SMILES string of the molecule is CC(=O)N1[C@@H]([C@H]2OC(C)(C)O[C@@H]2[C@H]2COC(C)(C)O2)[C@H](CCO)OC1(C)C. The second kappa shape index (κ2) is 6.93. The van der Waals surface area contributed by atoms with Crippen molar-refractivity contribution in [1.82, 2.24) is 4.90 Å². The summed E-state index contributed by atoms with van der Waals surface area (Å²) in [6.45, 7) is 13.0. The van der Waals surface area contributed by atoms with E-state index in [9.17, 15) is 9.90 Å². The van der Waals surface area contributed by atoms with E-state index in [1.807, 2.05) is 41.5 Å². The molecule has 3 aliphatic rings. The molecule has 3 heterocycles. The molecule has 1 N–H and O–H groups in total. The second-order valence-corrected chi connectivity index (χ2v) is 8.93. The van der Waals surface area contributed by atoms with Crippen LogP contribution in [0.5, 0.6) is 0 Å². The Labute approximate surface area is 161 Å². The van der Waals surface area contributed by atoms with Gasteiger partial charge in [-0.3, -0.25) is 4.79 Å². The molecular formula is C19H33NO7. The molecule has 3 aliphatic heterocycles. The Kier molecular flexibility index (Phi) is 5.38. The van der Waals surface area contributed by atoms with E-state index in [0.29, 0.717) is 13.0 Å². The molecule has 0 aromatic heterocycles. The summed E-state index contributed by atoms with van der Waals surface area (Å²) in [4.78, 5) is 14.2. The lowest BCUT2D eigenvalue weighted by Gasteiger charge is -2.37. The van der Waals surface area contributed by atoms with E-state index < -0.39 is 35.5 Å². The van der Waals surface area contributed by atoms with Crippen LogP contribution in [-0.4, -0.2) is 76.9 Å². The first-order chi connectivity index (χ1) is 12.4. The van der Waals surface area contributed by atoms with E-state index in [4.69, 9.17) is 23.7 Å². The molecule has 0 radical (unpaired) electrons. The van der Waals surface area contributed by atoms with Gasteiger partial charge in [0.1, 0.15) is 24.0 Å². The first kappa shape index (κ1) is 21.0. The van der Waals surface area contributed by atoms with Gasteiger partial charge in [0.25, 0.3) is 0 Å². The number of carbonyl (C=O) groups is 1. The van der Waals surface area contributed by atoms with Gasteiger partial charge in [0.15, 0.2) is 11.6 Å². The zero-order chi connectivity index (χ0) is 20.2. The summed E-state index contributed by atoms with van der Waals surface area (Å²) in [5.74, 6) is -1.63. The highest BCUT2D eigenvalue weighted by Gasteiger charge is 2.60. The predicted octanol–water partition coefficient (Wildman–Crippen LogP) is 1.39. The van der Waals surface area contributed by atoms with Crippen molar-refractivity contribution in [3.63, 3.8) is 0 Å². The first-order valence-electron chi connectivity index (χ1n) is 9.63. The van der Waals surface area contributed by atoms with Crippen LogP contribution in [0.4, 0.5) is 0 Å². The second-order valence-electron chi connectivity index (χ2n) is 8.93. The van der Waals surface area contributed by atoms with Crippen molar-refractivity contribution >= 4 is 5.91 Å². The number of hydrogen-bond donors (Lipinski definition) is 1. The molecule has 8 nitrogen and oxygen atoms in total. The Morgan fingerprint density at radius 2 is 1.63 bits per heavy atom. The highest BCUT2D eigenvalue weighted by molar-refractivity contribution is 5.75. The monoisotopic (exact) mass is 387 g/mol. The van der Waals surface area contributed by atoms with Crippen molar-refractivity contribution < 1.29 is 33.6 Å². The Balaban J connectivity index is 1.94. The first-order valence-corrected chi connectivity index (χ1v) is 9.63. The Morgan fingerprint density at radius 1 is 1.00 bits per heavy atom. The van der Waals surface area contributed by atoms with Gasteiger partial charge < -0.3 is 33.7 Å². The average molecular weight is 387 g/mol. The van der Waals surface area contributed by atoms with Crippen molar-refractivity contribution in [2.24, 2.45) is 0 Å². The summed E-state index contributed by atoms with van der Waals surface area (Å²) < 4.78 is 30.4. The summed E-state index contributed by atoms with van der Waals surface area (Å²) in [5, 5.41) is 9.53. The molecule has 0 saturated carbocycles. The maximum absolute atomic E-state index is 12.5. The average Bonchev–Trinajstić information content (AvgIpc) is 3.10. The molecule has 156 valence electrons. The molecule has 5 atom stereocenters. The Hall–Kier alpha value is -0.770. The fourth-order valence-electron chi connectivity index (χ4n) is 4.57. The van der Waals surface area contributed by atoms with Crippen LogP contribution in [0.25, 0.3) is 0 Å². The lowest BCUT2D eigenvalue weighted by molar-refractivity contribution is -0.175. The zero-order valence-corrected chi connectivity index (χ0v) is 17.4. The van der Waals surface area contributed by atoms with Crippen LogP contribution < -0.4 is 0 Å². The molecule has 27 heavy (non-hydrogen) atoms. The minimum atomic E-state index is -0.829. The normalized spacial score (nSPS) is 39.9. The van der Waals surface area contributed by atoms with Crippen LogP contribution in [0.2, 0.25) is 0 Å². The standard InChI is InChI=1S/C19H33NO7/c1-11(22)20-14(12(8-9-21)24-17(20,2)3)16-15(26-19(6,7)27-16)13-10-23-18(4,5)25-13/h12-16,21H,8-10H2,1-7H3/t12-,13+,14+,15+,16+/m0/s1. The molecule has 3 saturated heterocycles. The quantitative estimate of drug-likeness (QED) is 0.780. The zero-order valence-electron chi connectivity index (χ0n) is 17.4. The molecule has 3 rings (SSSR count). The van der Waals surface area contributed by atoms with Crippen molar-refractivity contribution in [3.8, 4) is 0 Å². The largest absolute Gasteiger partial charge is 0.396 e. The number of carbonyl (C=O) groups excluding carboxylic acids is 1. The summed E-state index contributed by atoms with van der Waals surface area (Å²) in [6.07, 6.45) is -1.18. The maximum Gasteiger partial charge on any atom is 0.222 e. The smallest absolute Gasteiger partial charge is 0.222 e. The Morgan fingerprint density at radius 3 is 2.15 bits per heavy atom. The van der Waals surface area contributed by atoms with Gasteiger partial charge in [0.2, 0.25) is 5.91 Å². The lowest BCUT2D eigenvalue weighted by Crippen LogP contribution is -2.56. The number of nitrogens with zero attached hydrogens (tertiary/aromatic N) is 1. The Bertz CT molecular complexity index is 576. The van der Waals surface area contributed by atoms with Crippen molar-refractivity contribution in [2.75, 3.05) is 13.2 Å². The molecule has 1 amide bonds. The van der Waals surface area contributed by atoms with Gasteiger partial charge in [0, 0.05) is 13.5 Å². The molecule has 0 unspecified atom stereocenters. The molecule has 8 heteroatoms. The van der Waals surface area contributed by atoms with Crippen LogP contribution >= 0.6 is 0 Å². The van der Waals surface area contributed by atoms with E-state index in [1.54, 1.807) is 4.90 Å². The van der Waals surface area contributed by atoms with Gasteiger partial charge >= 0.3 is 0 Å². The lowest BCUT2D eigenvalue weighted by atomic mass is 9.94. The fraction of sp³-hybridized carbons (Fsp3) is 0.947. The molecule has 3 fully saturated rings. The predicted molar refractivity (Wildman–Crippen MR) is 95.7 cm³/mol.